The van der Waals surface area contributed by atoms with Gasteiger partial charge < -0.3 is 9.47 Å². The number of rotatable bonds is 0. The minimum atomic E-state index is 0.833. The fraction of sp³-hybridized carbons (Fsp3) is 0. The van der Waals surface area contributed by atoms with Crippen LogP contribution in [-0.4, -0.2) is 0 Å². The highest BCUT2D eigenvalue weighted by Crippen LogP contribution is 2.62. The van der Waals surface area contributed by atoms with Gasteiger partial charge in [-0.05, 0) is 36.4 Å². The highest BCUT2D eigenvalue weighted by Gasteiger charge is 2.36. The first-order valence-electron chi connectivity index (χ1n) is 9.20. The lowest BCUT2D eigenvalue weighted by molar-refractivity contribution is 0.450. The summed E-state index contributed by atoms with van der Waals surface area (Å²) in [6.07, 6.45) is 0. The average molecular weight is 379 g/mol. The summed E-state index contributed by atoms with van der Waals surface area (Å²) in [6, 6.07) is 27.0. The Bertz CT molecular complexity index is 1420. The maximum absolute atomic E-state index is 6.47. The van der Waals surface area contributed by atoms with E-state index in [1.807, 2.05) is 36.4 Å². The summed E-state index contributed by atoms with van der Waals surface area (Å²) >= 11 is 1.77. The third kappa shape index (κ3) is 1.73. The summed E-state index contributed by atoms with van der Waals surface area (Å²) in [5.41, 5.74) is 3.05. The van der Waals surface area contributed by atoms with Gasteiger partial charge in [0.05, 0.1) is 16.1 Å². The van der Waals surface area contributed by atoms with Crippen molar-refractivity contribution in [2.24, 2.45) is 0 Å². The zero-order chi connectivity index (χ0) is 18.2. The first-order valence-corrected chi connectivity index (χ1v) is 10.0. The summed E-state index contributed by atoms with van der Waals surface area (Å²) in [5.74, 6) is 3.43. The van der Waals surface area contributed by atoms with Crippen LogP contribution in [0, 0.1) is 0 Å². The molecule has 2 aliphatic rings. The third-order valence-electron chi connectivity index (χ3n) is 5.43. The van der Waals surface area contributed by atoms with Gasteiger partial charge in [0, 0.05) is 15.5 Å². The van der Waals surface area contributed by atoms with Crippen molar-refractivity contribution in [3.05, 3.63) is 78.9 Å². The zero-order valence-corrected chi connectivity index (χ0v) is 15.5. The van der Waals surface area contributed by atoms with E-state index in [1.54, 1.807) is 11.3 Å². The molecule has 0 amide bonds. The van der Waals surface area contributed by atoms with Crippen LogP contribution in [0.15, 0.2) is 78.9 Å². The van der Waals surface area contributed by atoms with Crippen LogP contribution in [0.1, 0.15) is 0 Å². The van der Waals surface area contributed by atoms with Gasteiger partial charge in [0.25, 0.3) is 0 Å². The number of nitrogens with zero attached hydrogens (tertiary/aromatic N) is 1. The van der Waals surface area contributed by atoms with Crippen LogP contribution in [0.4, 0.5) is 17.1 Å². The van der Waals surface area contributed by atoms with Gasteiger partial charge in [0.15, 0.2) is 23.0 Å². The average Bonchev–Trinajstić information content (AvgIpc) is 3.12. The van der Waals surface area contributed by atoms with Crippen LogP contribution >= 0.6 is 11.3 Å². The quantitative estimate of drug-likeness (QED) is 0.269. The number of para-hydroxylation sites is 4. The van der Waals surface area contributed by atoms with Gasteiger partial charge in [-0.15, -0.1) is 11.3 Å². The molecule has 0 aliphatic carbocycles. The van der Waals surface area contributed by atoms with Crippen molar-refractivity contribution in [1.82, 2.24) is 0 Å². The van der Waals surface area contributed by atoms with E-state index in [0.717, 1.165) is 44.8 Å². The fourth-order valence-electron chi connectivity index (χ4n) is 4.24. The molecule has 3 nitrogen and oxygen atoms in total. The van der Waals surface area contributed by atoms with E-state index in [9.17, 15) is 0 Å². The first-order chi connectivity index (χ1) is 13.9. The molecule has 28 heavy (non-hydrogen) atoms. The molecule has 0 spiro atoms. The van der Waals surface area contributed by atoms with Crippen LogP contribution in [0.2, 0.25) is 0 Å². The van der Waals surface area contributed by atoms with E-state index in [1.165, 1.54) is 15.5 Å². The lowest BCUT2D eigenvalue weighted by Gasteiger charge is -2.37. The van der Waals surface area contributed by atoms with Crippen molar-refractivity contribution < 1.29 is 9.47 Å². The maximum atomic E-state index is 6.47. The monoisotopic (exact) mass is 379 g/mol. The Balaban J connectivity index is 1.65. The van der Waals surface area contributed by atoms with E-state index in [0.29, 0.717) is 0 Å². The lowest BCUT2D eigenvalue weighted by atomic mass is 10.0. The van der Waals surface area contributed by atoms with Gasteiger partial charge in [0.2, 0.25) is 0 Å². The number of anilines is 3. The standard InChI is InChI=1S/C24H13NO2S/c1-6-12-21-14(7-1)15-13-20-22-23(24(15)28-21)27-19-11-5-3-9-17(19)25(22)16-8-2-4-10-18(16)26-20/h1-13H. The molecule has 0 fully saturated rings. The van der Waals surface area contributed by atoms with Crippen molar-refractivity contribution >= 4 is 48.6 Å². The molecule has 0 saturated carbocycles. The molecule has 0 N–H and O–H groups in total. The molecule has 2 aliphatic heterocycles. The molecule has 0 radical (unpaired) electrons. The van der Waals surface area contributed by atoms with Gasteiger partial charge in [-0.1, -0.05) is 42.5 Å². The van der Waals surface area contributed by atoms with Crippen molar-refractivity contribution in [2.45, 2.75) is 0 Å². The van der Waals surface area contributed by atoms with E-state index in [2.05, 4.69) is 47.4 Å². The highest BCUT2D eigenvalue weighted by atomic mass is 32.1. The van der Waals surface area contributed by atoms with Crippen LogP contribution in [0.25, 0.3) is 20.2 Å². The molecule has 0 bridgehead atoms. The largest absolute Gasteiger partial charge is 0.453 e. The van der Waals surface area contributed by atoms with Gasteiger partial charge >= 0.3 is 0 Å². The second kappa shape index (κ2) is 5.06. The number of ether oxygens (including phenoxy) is 2. The van der Waals surface area contributed by atoms with E-state index >= 15 is 0 Å². The number of benzene rings is 4. The number of hydrogen-bond donors (Lipinski definition) is 0. The summed E-state index contributed by atoms with van der Waals surface area (Å²) in [7, 11) is 0. The van der Waals surface area contributed by atoms with Crippen molar-refractivity contribution in [3.8, 4) is 23.0 Å². The van der Waals surface area contributed by atoms with Gasteiger partial charge in [-0.3, -0.25) is 4.90 Å². The Hall–Kier alpha value is -3.50. The van der Waals surface area contributed by atoms with Gasteiger partial charge in [0.1, 0.15) is 5.69 Å². The summed E-state index contributed by atoms with van der Waals surface area (Å²) < 4.78 is 15.2. The Kier molecular flexibility index (Phi) is 2.63. The predicted octanol–water partition coefficient (Wildman–Crippen LogP) is 7.74. The van der Waals surface area contributed by atoms with Gasteiger partial charge in [-0.25, -0.2) is 0 Å². The minimum absolute atomic E-state index is 0.833. The van der Waals surface area contributed by atoms with E-state index in [4.69, 9.17) is 9.47 Å². The molecule has 0 unspecified atom stereocenters. The molecule has 4 heteroatoms. The van der Waals surface area contributed by atoms with E-state index in [-0.39, 0.29) is 0 Å². The first kappa shape index (κ1) is 14.5. The Morgan fingerprint density at radius 1 is 0.643 bits per heavy atom. The van der Waals surface area contributed by atoms with Crippen molar-refractivity contribution in [3.63, 3.8) is 0 Å². The normalized spacial score (nSPS) is 13.5. The van der Waals surface area contributed by atoms with Crippen LogP contribution < -0.4 is 14.4 Å². The smallest absolute Gasteiger partial charge is 0.173 e. The fourth-order valence-corrected chi connectivity index (χ4v) is 5.40. The molecular weight excluding hydrogens is 366 g/mol. The van der Waals surface area contributed by atoms with Crippen LogP contribution in [-0.2, 0) is 0 Å². The topological polar surface area (TPSA) is 21.7 Å². The Morgan fingerprint density at radius 3 is 2.14 bits per heavy atom. The summed E-state index contributed by atoms with van der Waals surface area (Å²) in [5, 5.41) is 2.41. The Morgan fingerprint density at radius 2 is 1.32 bits per heavy atom. The number of hydrogen-bond acceptors (Lipinski definition) is 4. The van der Waals surface area contributed by atoms with Crippen LogP contribution in [0.5, 0.6) is 23.0 Å². The molecule has 132 valence electrons. The molecule has 3 heterocycles. The third-order valence-corrected chi connectivity index (χ3v) is 6.62. The molecule has 7 rings (SSSR count). The SMILES string of the molecule is c1ccc2c(c1)Oc1cc3c(sc4ccccc43)c3c1N2c1ccccc1O3. The molecule has 0 saturated heterocycles. The zero-order valence-electron chi connectivity index (χ0n) is 14.7. The number of fused-ring (bicyclic) bond motifs is 8. The summed E-state index contributed by atoms with van der Waals surface area (Å²) in [4.78, 5) is 2.27. The minimum Gasteiger partial charge on any atom is -0.453 e. The number of thiophene rings is 1. The van der Waals surface area contributed by atoms with E-state index < -0.39 is 0 Å². The molecular formula is C24H13NO2S. The summed E-state index contributed by atoms with van der Waals surface area (Å²) in [6.45, 7) is 0. The highest BCUT2D eigenvalue weighted by molar-refractivity contribution is 7.26. The molecule has 4 aromatic carbocycles. The second-order valence-electron chi connectivity index (χ2n) is 7.00. The second-order valence-corrected chi connectivity index (χ2v) is 8.05. The van der Waals surface area contributed by atoms with Crippen LogP contribution in [0.3, 0.4) is 0 Å². The lowest BCUT2D eigenvalue weighted by Crippen LogP contribution is -2.20. The van der Waals surface area contributed by atoms with Crippen molar-refractivity contribution in [1.29, 1.82) is 0 Å². The van der Waals surface area contributed by atoms with Gasteiger partial charge in [-0.2, -0.15) is 0 Å². The molecule has 5 aromatic rings. The maximum Gasteiger partial charge on any atom is 0.173 e. The predicted molar refractivity (Wildman–Crippen MR) is 114 cm³/mol. The molecule has 0 atom stereocenters. The molecule has 1 aromatic heterocycles. The Labute approximate surface area is 165 Å². The van der Waals surface area contributed by atoms with Crippen molar-refractivity contribution in [2.75, 3.05) is 4.90 Å².